The van der Waals surface area contributed by atoms with Crippen LogP contribution < -0.4 is 21.3 Å². The number of carbonyl (C=O) groups excluding carboxylic acids is 4. The molecule has 0 saturated carbocycles. The third-order valence-corrected chi connectivity index (χ3v) is 17.1. The third kappa shape index (κ3) is 21.4. The molecule has 432 valence electrons. The van der Waals surface area contributed by atoms with Gasteiger partial charge < -0.3 is 44.6 Å². The molecule has 1 heterocycles. The average molecular weight is 1100 g/mol. The van der Waals surface area contributed by atoms with E-state index < -0.39 is 8.80 Å². The van der Waals surface area contributed by atoms with Crippen LogP contribution in [0, 0.1) is 10.8 Å². The molecule has 0 aliphatic carbocycles. The van der Waals surface area contributed by atoms with E-state index in [2.05, 4.69) is 108 Å². The van der Waals surface area contributed by atoms with Crippen LogP contribution in [0.1, 0.15) is 197 Å². The number of unbranched alkanes of at least 4 members (excludes halogenated alkanes) is 8. The number of benzene rings is 3. The minimum atomic E-state index is -2.55. The van der Waals surface area contributed by atoms with Crippen LogP contribution in [0.25, 0.3) is 33.9 Å². The first-order valence-corrected chi connectivity index (χ1v) is 30.9. The standard InChI is InChI=1S/C63H98N6O8Si/c1-15-75-78(76-16-2,77-17-3)40-26-24-22-20-18-19-21-23-25-39-65-53(71)36-38-55(73)67-49-33-29-46(30-34-49)57-56(45-27-31-48(32-28-45)66-54(72)37-35-52(70)64-14)68-59(69-57)47-41-50(62(10,11)43-60(4,5)6)58(74)51(42-47)63(12,13)44-61(7,8)9/h27-34,41-42,74H,15-26,35-40,43-44H2,1-14H3,(H,64,70)(H,65,71)(H,66,72)(H,67,73)(H,68,69). The molecule has 6 N–H and O–H groups in total. The Kier molecular flexibility index (Phi) is 25.3. The molecule has 0 radical (unpaired) electrons. The van der Waals surface area contributed by atoms with Crippen LogP contribution in [-0.2, 0) is 43.3 Å². The molecule has 1 aromatic heterocycles. The van der Waals surface area contributed by atoms with Crippen LogP contribution in [0.5, 0.6) is 5.75 Å². The zero-order valence-corrected chi connectivity index (χ0v) is 51.2. The van der Waals surface area contributed by atoms with Gasteiger partial charge in [0.25, 0.3) is 0 Å². The smallest absolute Gasteiger partial charge is 0.500 e. The van der Waals surface area contributed by atoms with Crippen molar-refractivity contribution < 1.29 is 37.6 Å². The van der Waals surface area contributed by atoms with Gasteiger partial charge in [0.05, 0.1) is 11.4 Å². The number of imidazole rings is 1. The predicted octanol–water partition coefficient (Wildman–Crippen LogP) is 14.4. The second-order valence-electron chi connectivity index (χ2n) is 24.7. The first-order chi connectivity index (χ1) is 36.7. The minimum absolute atomic E-state index is 0.00782. The van der Waals surface area contributed by atoms with E-state index in [1.165, 1.54) is 25.7 Å². The molecule has 0 atom stereocenters. The molecule has 15 heteroatoms. The van der Waals surface area contributed by atoms with Crippen LogP contribution >= 0.6 is 0 Å². The van der Waals surface area contributed by atoms with E-state index in [9.17, 15) is 24.3 Å². The number of aromatic amines is 1. The Bertz CT molecular complexity index is 2460. The summed E-state index contributed by atoms with van der Waals surface area (Å²) in [7, 11) is -1.00. The van der Waals surface area contributed by atoms with E-state index in [0.29, 0.717) is 55.0 Å². The highest BCUT2D eigenvalue weighted by atomic mass is 28.4. The lowest BCUT2D eigenvalue weighted by molar-refractivity contribution is -0.124. The lowest BCUT2D eigenvalue weighted by atomic mass is 9.68. The van der Waals surface area contributed by atoms with Crippen molar-refractivity contribution in [1.29, 1.82) is 0 Å². The van der Waals surface area contributed by atoms with Gasteiger partial charge in [0, 0.05) is 104 Å². The normalized spacial score (nSPS) is 12.4. The van der Waals surface area contributed by atoms with Gasteiger partial charge in [0.15, 0.2) is 0 Å². The molecular weight excluding hydrogens is 997 g/mol. The summed E-state index contributed by atoms with van der Waals surface area (Å²) in [4.78, 5) is 59.3. The number of nitrogens with one attached hydrogen (secondary N) is 5. The van der Waals surface area contributed by atoms with E-state index in [-0.39, 0.29) is 71.0 Å². The number of hydrogen-bond donors (Lipinski definition) is 6. The maximum atomic E-state index is 13.1. The van der Waals surface area contributed by atoms with Crippen molar-refractivity contribution in [3.63, 3.8) is 0 Å². The molecular formula is C63H98N6O8Si. The summed E-state index contributed by atoms with van der Waals surface area (Å²) in [6.07, 6.45) is 12.1. The molecule has 0 bridgehead atoms. The topological polar surface area (TPSA) is 193 Å². The summed E-state index contributed by atoms with van der Waals surface area (Å²) >= 11 is 0. The molecule has 3 aromatic carbocycles. The Balaban J connectivity index is 1.44. The summed E-state index contributed by atoms with van der Waals surface area (Å²) in [5, 5.41) is 23.6. The third-order valence-electron chi connectivity index (χ3n) is 13.9. The van der Waals surface area contributed by atoms with Gasteiger partial charge in [-0.3, -0.25) is 19.2 Å². The SMILES string of the molecule is CCO[Si](CCCCCCCCCCCNC(=O)CCC(=O)Nc1ccc(-c2nc(-c3cc(C(C)(C)CC(C)(C)C)c(O)c(C(C)(C)CC(C)(C)C)c3)[nH]c2-c2ccc(NC(=O)CCC(=O)NC)cc2)cc1)(OCC)OCC. The average Bonchev–Trinajstić information content (AvgIpc) is 3.91. The molecule has 0 saturated heterocycles. The number of anilines is 2. The van der Waals surface area contributed by atoms with Crippen LogP contribution in [0.2, 0.25) is 6.04 Å². The Morgan fingerprint density at radius 3 is 1.40 bits per heavy atom. The van der Waals surface area contributed by atoms with Crippen molar-refractivity contribution in [2.75, 3.05) is 44.0 Å². The zero-order valence-electron chi connectivity index (χ0n) is 50.2. The molecule has 4 amide bonds. The van der Waals surface area contributed by atoms with Gasteiger partial charge in [0.2, 0.25) is 23.6 Å². The van der Waals surface area contributed by atoms with E-state index in [1.807, 2.05) is 69.3 Å². The first kappa shape index (κ1) is 65.2. The summed E-state index contributed by atoms with van der Waals surface area (Å²) in [6.45, 7) is 30.6. The molecule has 0 fully saturated rings. The number of phenols is 1. The van der Waals surface area contributed by atoms with Crippen LogP contribution in [0.3, 0.4) is 0 Å². The van der Waals surface area contributed by atoms with Crippen molar-refractivity contribution in [2.45, 2.75) is 203 Å². The molecule has 4 rings (SSSR count). The van der Waals surface area contributed by atoms with Crippen molar-refractivity contribution in [3.05, 3.63) is 71.8 Å². The molecule has 0 unspecified atom stereocenters. The Morgan fingerprint density at radius 2 is 0.962 bits per heavy atom. The number of phenolic OH excluding ortho intramolecular Hbond substituents is 1. The first-order valence-electron chi connectivity index (χ1n) is 28.9. The summed E-state index contributed by atoms with van der Waals surface area (Å²) in [5.74, 6) is 0.106. The fourth-order valence-corrected chi connectivity index (χ4v) is 13.7. The van der Waals surface area contributed by atoms with Gasteiger partial charge in [-0.1, -0.05) is 138 Å². The highest BCUT2D eigenvalue weighted by molar-refractivity contribution is 6.60. The van der Waals surface area contributed by atoms with Crippen molar-refractivity contribution >= 4 is 43.8 Å². The quantitative estimate of drug-likeness (QED) is 0.0199. The number of nitrogens with zero attached hydrogens (tertiary/aromatic N) is 1. The Hall–Kier alpha value is -5.35. The number of aromatic hydroxyl groups is 1. The van der Waals surface area contributed by atoms with Crippen LogP contribution in [0.4, 0.5) is 11.4 Å². The second-order valence-corrected chi connectivity index (χ2v) is 27.4. The number of aromatic nitrogens is 2. The highest BCUT2D eigenvalue weighted by Crippen LogP contribution is 2.48. The Labute approximate surface area is 469 Å². The summed E-state index contributed by atoms with van der Waals surface area (Å²) in [5.41, 5.74) is 6.03. The number of rotatable bonds is 33. The molecule has 78 heavy (non-hydrogen) atoms. The van der Waals surface area contributed by atoms with Gasteiger partial charge in [-0.2, -0.15) is 0 Å². The lowest BCUT2D eigenvalue weighted by Gasteiger charge is -2.37. The number of H-pyrrole nitrogens is 1. The minimum Gasteiger partial charge on any atom is -0.507 e. The molecule has 0 aliphatic rings. The summed E-state index contributed by atoms with van der Waals surface area (Å²) < 4.78 is 17.9. The predicted molar refractivity (Wildman–Crippen MR) is 321 cm³/mol. The maximum absolute atomic E-state index is 13.1. The number of amides is 4. The zero-order chi connectivity index (χ0) is 57.7. The molecule has 4 aromatic rings. The monoisotopic (exact) mass is 1090 g/mol. The largest absolute Gasteiger partial charge is 0.507 e. The molecule has 0 aliphatic heterocycles. The summed E-state index contributed by atoms with van der Waals surface area (Å²) in [6, 6.07) is 20.0. The highest BCUT2D eigenvalue weighted by Gasteiger charge is 2.40. The maximum Gasteiger partial charge on any atom is 0.500 e. The van der Waals surface area contributed by atoms with Gasteiger partial charge in [0.1, 0.15) is 11.6 Å². The van der Waals surface area contributed by atoms with Gasteiger partial charge in [-0.05, 0) is 105 Å². The van der Waals surface area contributed by atoms with E-state index in [0.717, 1.165) is 84.5 Å². The van der Waals surface area contributed by atoms with Crippen LogP contribution in [-0.4, -0.2) is 80.9 Å². The van der Waals surface area contributed by atoms with Crippen molar-refractivity contribution in [3.8, 4) is 39.7 Å². The van der Waals surface area contributed by atoms with Crippen LogP contribution in [0.15, 0.2) is 60.7 Å². The van der Waals surface area contributed by atoms with Gasteiger partial charge in [-0.25, -0.2) is 4.98 Å². The van der Waals surface area contributed by atoms with Crippen molar-refractivity contribution in [1.82, 2.24) is 20.6 Å². The second kappa shape index (κ2) is 30.3. The fraction of sp³-hybridized carbons (Fsp3) is 0.603. The van der Waals surface area contributed by atoms with E-state index >= 15 is 0 Å². The molecule has 0 spiro atoms. The van der Waals surface area contributed by atoms with Gasteiger partial charge >= 0.3 is 8.80 Å². The Morgan fingerprint density at radius 1 is 0.551 bits per heavy atom. The number of hydrogen-bond acceptors (Lipinski definition) is 9. The van der Waals surface area contributed by atoms with E-state index in [4.69, 9.17) is 18.3 Å². The van der Waals surface area contributed by atoms with Crippen molar-refractivity contribution in [2.24, 2.45) is 10.8 Å². The van der Waals surface area contributed by atoms with E-state index in [1.54, 1.807) is 7.05 Å². The van der Waals surface area contributed by atoms with Gasteiger partial charge in [-0.15, -0.1) is 0 Å². The molecule has 14 nitrogen and oxygen atoms in total. The number of carbonyl (C=O) groups is 4. The fourth-order valence-electron chi connectivity index (χ4n) is 11.1. The lowest BCUT2D eigenvalue weighted by Crippen LogP contribution is -2.45.